The van der Waals surface area contributed by atoms with Crippen LogP contribution in [0.4, 0.5) is 5.69 Å². The molecule has 25 heavy (non-hydrogen) atoms. The molecule has 0 aliphatic heterocycles. The molecule has 3 aromatic carbocycles. The van der Waals surface area contributed by atoms with Gasteiger partial charge in [-0.15, -0.1) is 0 Å². The summed E-state index contributed by atoms with van der Waals surface area (Å²) >= 11 is 6.14. The van der Waals surface area contributed by atoms with Gasteiger partial charge in [-0.2, -0.15) is 0 Å². The van der Waals surface area contributed by atoms with Crippen LogP contribution >= 0.6 is 11.6 Å². The lowest BCUT2D eigenvalue weighted by Crippen LogP contribution is -1.96. The fourth-order valence-corrected chi connectivity index (χ4v) is 2.58. The number of rotatable bonds is 6. The lowest BCUT2D eigenvalue weighted by atomic mass is 10.1. The summed E-state index contributed by atoms with van der Waals surface area (Å²) < 4.78 is 5.79. The summed E-state index contributed by atoms with van der Waals surface area (Å²) in [5.74, 6) is 0.810. The maximum atomic E-state index is 6.14. The fourth-order valence-electron chi connectivity index (χ4n) is 2.39. The number of aryl methyl sites for hydroxylation is 1. The summed E-state index contributed by atoms with van der Waals surface area (Å²) in [5.41, 5.74) is 4.28. The second kappa shape index (κ2) is 8.50. The molecule has 0 saturated heterocycles. The van der Waals surface area contributed by atoms with Crippen LogP contribution < -0.4 is 4.74 Å². The Morgan fingerprint density at radius 3 is 2.32 bits per heavy atom. The van der Waals surface area contributed by atoms with Crippen molar-refractivity contribution < 1.29 is 4.74 Å². The van der Waals surface area contributed by atoms with E-state index < -0.39 is 0 Å². The highest BCUT2D eigenvalue weighted by Gasteiger charge is 2.00. The van der Waals surface area contributed by atoms with E-state index in [1.165, 1.54) is 5.56 Å². The van der Waals surface area contributed by atoms with Crippen molar-refractivity contribution in [2.75, 3.05) is 0 Å². The van der Waals surface area contributed by atoms with Gasteiger partial charge in [-0.3, -0.25) is 4.99 Å². The summed E-state index contributed by atoms with van der Waals surface area (Å²) in [4.78, 5) is 4.50. The normalized spacial score (nSPS) is 11.0. The maximum absolute atomic E-state index is 6.14. The van der Waals surface area contributed by atoms with Crippen molar-refractivity contribution in [1.29, 1.82) is 0 Å². The number of hydrogen-bond donors (Lipinski definition) is 0. The molecule has 126 valence electrons. The van der Waals surface area contributed by atoms with Gasteiger partial charge in [0.1, 0.15) is 12.4 Å². The molecule has 0 aliphatic carbocycles. The first kappa shape index (κ1) is 17.2. The molecule has 2 nitrogen and oxygen atoms in total. The molecule has 0 amide bonds. The number of benzene rings is 3. The molecule has 0 aromatic heterocycles. The first-order valence-corrected chi connectivity index (χ1v) is 8.71. The predicted octanol–water partition coefficient (Wildman–Crippen LogP) is 6.23. The van der Waals surface area contributed by atoms with Gasteiger partial charge in [0.2, 0.25) is 0 Å². The van der Waals surface area contributed by atoms with Crippen LogP contribution in [0.1, 0.15) is 23.6 Å². The Kier molecular flexibility index (Phi) is 5.86. The van der Waals surface area contributed by atoms with Crippen LogP contribution in [-0.4, -0.2) is 6.21 Å². The van der Waals surface area contributed by atoms with Gasteiger partial charge < -0.3 is 4.74 Å². The highest BCUT2D eigenvalue weighted by molar-refractivity contribution is 6.31. The Morgan fingerprint density at radius 1 is 0.920 bits per heavy atom. The Morgan fingerprint density at radius 2 is 1.64 bits per heavy atom. The molecule has 0 spiro atoms. The molecule has 0 saturated carbocycles. The SMILES string of the molecule is CCc1ccc(N=Cc2ccc(OCc3ccccc3Cl)cc2)cc1. The van der Waals surface area contributed by atoms with Crippen LogP contribution in [0.15, 0.2) is 77.8 Å². The highest BCUT2D eigenvalue weighted by atomic mass is 35.5. The number of nitrogens with zero attached hydrogens (tertiary/aromatic N) is 1. The molecular weight excluding hydrogens is 330 g/mol. The molecule has 0 unspecified atom stereocenters. The second-order valence-electron chi connectivity index (χ2n) is 5.73. The van der Waals surface area contributed by atoms with Crippen LogP contribution in [0.2, 0.25) is 5.02 Å². The molecule has 0 atom stereocenters. The smallest absolute Gasteiger partial charge is 0.119 e. The van der Waals surface area contributed by atoms with Crippen molar-refractivity contribution in [3.63, 3.8) is 0 Å². The Bertz CT molecular complexity index is 839. The minimum absolute atomic E-state index is 0.455. The molecule has 0 aliphatic rings. The molecule has 3 aromatic rings. The Hall–Kier alpha value is -2.58. The zero-order valence-electron chi connectivity index (χ0n) is 14.2. The van der Waals surface area contributed by atoms with E-state index in [1.54, 1.807) is 0 Å². The average molecular weight is 350 g/mol. The Balaban J connectivity index is 1.59. The molecule has 0 radical (unpaired) electrons. The van der Waals surface area contributed by atoms with Gasteiger partial charge in [-0.25, -0.2) is 0 Å². The molecule has 0 heterocycles. The van der Waals surface area contributed by atoms with Crippen LogP contribution in [0.5, 0.6) is 5.75 Å². The van der Waals surface area contributed by atoms with Crippen LogP contribution in [0.3, 0.4) is 0 Å². The first-order valence-electron chi connectivity index (χ1n) is 8.34. The zero-order valence-corrected chi connectivity index (χ0v) is 14.9. The minimum atomic E-state index is 0.455. The van der Waals surface area contributed by atoms with E-state index in [0.29, 0.717) is 6.61 Å². The standard InChI is InChI=1S/C22H20ClNO/c1-2-17-7-11-20(12-8-17)24-15-18-9-13-21(14-10-18)25-16-19-5-3-4-6-22(19)23/h3-15H,2,16H2,1H3. The van der Waals surface area contributed by atoms with Gasteiger partial charge in [0.15, 0.2) is 0 Å². The average Bonchev–Trinajstić information content (AvgIpc) is 2.67. The largest absolute Gasteiger partial charge is 0.489 e. The van der Waals surface area contributed by atoms with E-state index in [-0.39, 0.29) is 0 Å². The van der Waals surface area contributed by atoms with E-state index >= 15 is 0 Å². The van der Waals surface area contributed by atoms with Crippen molar-refractivity contribution >= 4 is 23.5 Å². The van der Waals surface area contributed by atoms with Crippen LogP contribution in [0.25, 0.3) is 0 Å². The molecular formula is C22H20ClNO. The van der Waals surface area contributed by atoms with Gasteiger partial charge in [0.05, 0.1) is 5.69 Å². The number of ether oxygens (including phenoxy) is 1. The van der Waals surface area contributed by atoms with Crippen LogP contribution in [0, 0.1) is 0 Å². The first-order chi connectivity index (χ1) is 12.2. The highest BCUT2D eigenvalue weighted by Crippen LogP contribution is 2.19. The number of hydrogen-bond acceptors (Lipinski definition) is 2. The van der Waals surface area contributed by atoms with E-state index in [1.807, 2.05) is 66.9 Å². The predicted molar refractivity (Wildman–Crippen MR) is 105 cm³/mol. The summed E-state index contributed by atoms with van der Waals surface area (Å²) in [5, 5.41) is 0.723. The Labute approximate surface area is 153 Å². The van der Waals surface area contributed by atoms with E-state index in [2.05, 4.69) is 24.0 Å². The third kappa shape index (κ3) is 4.94. The summed E-state index contributed by atoms with van der Waals surface area (Å²) in [7, 11) is 0. The van der Waals surface area contributed by atoms with Crippen LogP contribution in [-0.2, 0) is 13.0 Å². The van der Waals surface area contributed by atoms with E-state index in [0.717, 1.165) is 34.0 Å². The topological polar surface area (TPSA) is 21.6 Å². The van der Waals surface area contributed by atoms with Gasteiger partial charge in [0, 0.05) is 16.8 Å². The molecule has 3 rings (SSSR count). The number of halogens is 1. The molecule has 0 bridgehead atoms. The van der Waals surface area contributed by atoms with Crippen molar-refractivity contribution in [3.8, 4) is 5.75 Å². The van der Waals surface area contributed by atoms with Crippen molar-refractivity contribution in [3.05, 3.63) is 94.5 Å². The minimum Gasteiger partial charge on any atom is -0.489 e. The lowest BCUT2D eigenvalue weighted by Gasteiger charge is -2.07. The lowest BCUT2D eigenvalue weighted by molar-refractivity contribution is 0.306. The monoisotopic (exact) mass is 349 g/mol. The van der Waals surface area contributed by atoms with Gasteiger partial charge in [0.25, 0.3) is 0 Å². The fraction of sp³-hybridized carbons (Fsp3) is 0.136. The quantitative estimate of drug-likeness (QED) is 0.483. The van der Waals surface area contributed by atoms with Crippen molar-refractivity contribution in [2.45, 2.75) is 20.0 Å². The second-order valence-corrected chi connectivity index (χ2v) is 6.13. The number of aliphatic imine (C=N–C) groups is 1. The van der Waals surface area contributed by atoms with E-state index in [4.69, 9.17) is 16.3 Å². The summed E-state index contributed by atoms with van der Waals surface area (Å²) in [6.07, 6.45) is 2.90. The maximum Gasteiger partial charge on any atom is 0.119 e. The summed E-state index contributed by atoms with van der Waals surface area (Å²) in [6, 6.07) is 23.9. The van der Waals surface area contributed by atoms with Gasteiger partial charge in [-0.05, 0) is 60.0 Å². The third-order valence-electron chi connectivity index (χ3n) is 3.94. The van der Waals surface area contributed by atoms with Crippen molar-refractivity contribution in [2.24, 2.45) is 4.99 Å². The van der Waals surface area contributed by atoms with E-state index in [9.17, 15) is 0 Å². The molecule has 0 N–H and O–H groups in total. The van der Waals surface area contributed by atoms with Gasteiger partial charge in [-0.1, -0.05) is 48.9 Å². The van der Waals surface area contributed by atoms with Crippen molar-refractivity contribution in [1.82, 2.24) is 0 Å². The summed E-state index contributed by atoms with van der Waals surface area (Å²) in [6.45, 7) is 2.60. The van der Waals surface area contributed by atoms with Gasteiger partial charge >= 0.3 is 0 Å². The molecule has 0 fully saturated rings. The molecule has 3 heteroatoms. The zero-order chi connectivity index (χ0) is 17.5. The third-order valence-corrected chi connectivity index (χ3v) is 4.31.